The molecule has 22 heavy (non-hydrogen) atoms. The number of hydrogen-bond donors (Lipinski definition) is 2. The summed E-state index contributed by atoms with van der Waals surface area (Å²) in [5, 5.41) is 6.62. The average molecular weight is 344 g/mol. The molecule has 120 valence electrons. The molecule has 0 saturated carbocycles. The first-order valence-corrected chi connectivity index (χ1v) is 7.94. The van der Waals surface area contributed by atoms with E-state index in [0.29, 0.717) is 22.3 Å². The highest BCUT2D eigenvalue weighted by Crippen LogP contribution is 2.25. The summed E-state index contributed by atoms with van der Waals surface area (Å²) in [5.41, 5.74) is 0.548. The summed E-state index contributed by atoms with van der Waals surface area (Å²) in [7, 11) is 0. The van der Waals surface area contributed by atoms with Crippen LogP contribution in [0, 0.1) is 0 Å². The molecule has 1 aromatic rings. The first-order chi connectivity index (χ1) is 10.4. The summed E-state index contributed by atoms with van der Waals surface area (Å²) in [4.78, 5) is 25.3. The van der Waals surface area contributed by atoms with Crippen LogP contribution in [-0.2, 0) is 9.59 Å². The van der Waals surface area contributed by atoms with Crippen molar-refractivity contribution in [3.63, 3.8) is 0 Å². The molecule has 5 nitrogen and oxygen atoms in total. The minimum absolute atomic E-state index is 0.0377. The van der Waals surface area contributed by atoms with E-state index in [9.17, 15) is 9.59 Å². The van der Waals surface area contributed by atoms with Gasteiger partial charge in [-0.15, -0.1) is 0 Å². The smallest absolute Gasteiger partial charge is 0.238 e. The molecule has 1 aromatic carbocycles. The molecular formula is C15H19Cl2N3O2. The molecular weight excluding hydrogens is 325 g/mol. The maximum atomic E-state index is 12.1. The van der Waals surface area contributed by atoms with Gasteiger partial charge >= 0.3 is 0 Å². The molecule has 0 bridgehead atoms. The van der Waals surface area contributed by atoms with Crippen LogP contribution in [0.5, 0.6) is 0 Å². The number of anilines is 1. The number of likely N-dealkylation sites (tertiary alicyclic amines) is 1. The van der Waals surface area contributed by atoms with E-state index in [1.807, 2.05) is 4.90 Å². The Balaban J connectivity index is 1.87. The second-order valence-electron chi connectivity index (χ2n) is 5.45. The van der Waals surface area contributed by atoms with Gasteiger partial charge in [-0.05, 0) is 37.6 Å². The number of nitrogens with zero attached hydrogens (tertiary/aromatic N) is 1. The van der Waals surface area contributed by atoms with Crippen molar-refractivity contribution in [2.24, 2.45) is 0 Å². The van der Waals surface area contributed by atoms with E-state index in [2.05, 4.69) is 10.6 Å². The van der Waals surface area contributed by atoms with Gasteiger partial charge in [-0.25, -0.2) is 0 Å². The van der Waals surface area contributed by atoms with Gasteiger partial charge in [-0.2, -0.15) is 0 Å². The number of benzene rings is 1. The maximum absolute atomic E-state index is 12.1. The van der Waals surface area contributed by atoms with Crippen molar-refractivity contribution >= 4 is 40.7 Å². The fraction of sp³-hybridized carbons (Fsp3) is 0.467. The van der Waals surface area contributed by atoms with Crippen LogP contribution in [0.2, 0.25) is 10.0 Å². The van der Waals surface area contributed by atoms with Gasteiger partial charge in [0, 0.05) is 24.5 Å². The minimum atomic E-state index is -0.132. The number of halogens is 2. The summed E-state index contributed by atoms with van der Waals surface area (Å²) in [5.74, 6) is -0.169. The maximum Gasteiger partial charge on any atom is 0.238 e. The molecule has 1 fully saturated rings. The summed E-state index contributed by atoms with van der Waals surface area (Å²) >= 11 is 11.9. The zero-order chi connectivity index (χ0) is 16.1. The summed E-state index contributed by atoms with van der Waals surface area (Å²) in [6.45, 7) is 3.31. The quantitative estimate of drug-likeness (QED) is 0.882. The van der Waals surface area contributed by atoms with Crippen molar-refractivity contribution in [3.05, 3.63) is 28.2 Å². The lowest BCUT2D eigenvalue weighted by molar-refractivity contribution is -0.120. The Morgan fingerprint density at radius 1 is 1.36 bits per heavy atom. The number of piperidine rings is 1. The summed E-state index contributed by atoms with van der Waals surface area (Å²) in [6.07, 6.45) is 1.90. The van der Waals surface area contributed by atoms with Crippen molar-refractivity contribution < 1.29 is 9.59 Å². The minimum Gasteiger partial charge on any atom is -0.352 e. The topological polar surface area (TPSA) is 61.4 Å². The first-order valence-electron chi connectivity index (χ1n) is 7.18. The lowest BCUT2D eigenvalue weighted by Crippen LogP contribution is -2.49. The lowest BCUT2D eigenvalue weighted by atomic mass is 10.1. The van der Waals surface area contributed by atoms with Crippen LogP contribution in [-0.4, -0.2) is 42.4 Å². The molecule has 0 radical (unpaired) electrons. The van der Waals surface area contributed by atoms with E-state index >= 15 is 0 Å². The van der Waals surface area contributed by atoms with E-state index in [1.165, 1.54) is 6.92 Å². The van der Waals surface area contributed by atoms with Gasteiger partial charge in [0.05, 0.1) is 17.3 Å². The Labute approximate surface area is 139 Å². The SMILES string of the molecule is CC(=O)NC1CCCN(CC(=O)Nc2ccc(Cl)cc2Cl)C1. The fourth-order valence-electron chi connectivity index (χ4n) is 2.59. The first kappa shape index (κ1) is 17.1. The molecule has 0 spiro atoms. The highest BCUT2D eigenvalue weighted by Gasteiger charge is 2.22. The van der Waals surface area contributed by atoms with Gasteiger partial charge < -0.3 is 10.6 Å². The van der Waals surface area contributed by atoms with E-state index in [1.54, 1.807) is 18.2 Å². The van der Waals surface area contributed by atoms with Crippen LogP contribution in [0.25, 0.3) is 0 Å². The fourth-order valence-corrected chi connectivity index (χ4v) is 3.04. The Morgan fingerprint density at radius 3 is 2.82 bits per heavy atom. The molecule has 1 aliphatic rings. The van der Waals surface area contributed by atoms with Gasteiger partial charge in [0.2, 0.25) is 11.8 Å². The average Bonchev–Trinajstić information content (AvgIpc) is 2.41. The Hall–Kier alpha value is -1.30. The van der Waals surface area contributed by atoms with Crippen LogP contribution < -0.4 is 10.6 Å². The van der Waals surface area contributed by atoms with Gasteiger partial charge in [0.1, 0.15) is 0 Å². The van der Waals surface area contributed by atoms with Gasteiger partial charge in [0.25, 0.3) is 0 Å². The van der Waals surface area contributed by atoms with Crippen molar-refractivity contribution in [1.29, 1.82) is 0 Å². The highest BCUT2D eigenvalue weighted by molar-refractivity contribution is 6.36. The number of hydrogen-bond acceptors (Lipinski definition) is 3. The summed E-state index contributed by atoms with van der Waals surface area (Å²) < 4.78 is 0. The van der Waals surface area contributed by atoms with Crippen LogP contribution in [0.15, 0.2) is 18.2 Å². The van der Waals surface area contributed by atoms with E-state index in [4.69, 9.17) is 23.2 Å². The van der Waals surface area contributed by atoms with Gasteiger partial charge in [-0.3, -0.25) is 14.5 Å². The van der Waals surface area contributed by atoms with Crippen LogP contribution >= 0.6 is 23.2 Å². The Morgan fingerprint density at radius 2 is 2.14 bits per heavy atom. The number of nitrogens with one attached hydrogen (secondary N) is 2. The molecule has 1 atom stereocenters. The van der Waals surface area contributed by atoms with Crippen molar-refractivity contribution in [2.75, 3.05) is 25.0 Å². The van der Waals surface area contributed by atoms with Crippen LogP contribution in [0.4, 0.5) is 5.69 Å². The van der Waals surface area contributed by atoms with Gasteiger partial charge in [-0.1, -0.05) is 23.2 Å². The molecule has 2 N–H and O–H groups in total. The number of amides is 2. The largest absolute Gasteiger partial charge is 0.352 e. The zero-order valence-corrected chi connectivity index (χ0v) is 13.9. The van der Waals surface area contributed by atoms with E-state index < -0.39 is 0 Å². The lowest BCUT2D eigenvalue weighted by Gasteiger charge is -2.32. The standard InChI is InChI=1S/C15H19Cl2N3O2/c1-10(21)18-12-3-2-6-20(8-12)9-15(22)19-14-5-4-11(16)7-13(14)17/h4-5,7,12H,2-3,6,8-9H2,1H3,(H,18,21)(H,19,22). The Kier molecular flexibility index (Phi) is 6.06. The van der Waals surface area contributed by atoms with E-state index in [-0.39, 0.29) is 24.4 Å². The monoisotopic (exact) mass is 343 g/mol. The predicted octanol–water partition coefficient (Wildman–Crippen LogP) is 2.53. The molecule has 1 unspecified atom stereocenters. The second-order valence-corrected chi connectivity index (χ2v) is 6.29. The third-order valence-corrected chi connectivity index (χ3v) is 4.03. The second kappa shape index (κ2) is 7.81. The number of carbonyl (C=O) groups is 2. The molecule has 1 aliphatic heterocycles. The van der Waals surface area contributed by atoms with Gasteiger partial charge in [0.15, 0.2) is 0 Å². The van der Waals surface area contributed by atoms with Crippen molar-refractivity contribution in [2.45, 2.75) is 25.8 Å². The predicted molar refractivity (Wildman–Crippen MR) is 88.4 cm³/mol. The van der Waals surface area contributed by atoms with Crippen molar-refractivity contribution in [1.82, 2.24) is 10.2 Å². The molecule has 2 amide bonds. The van der Waals surface area contributed by atoms with E-state index in [0.717, 1.165) is 19.4 Å². The molecule has 1 heterocycles. The zero-order valence-electron chi connectivity index (χ0n) is 12.4. The Bertz CT molecular complexity index is 566. The number of rotatable bonds is 4. The molecule has 0 aromatic heterocycles. The third-order valence-electron chi connectivity index (χ3n) is 3.49. The molecule has 1 saturated heterocycles. The molecule has 7 heteroatoms. The highest BCUT2D eigenvalue weighted by atomic mass is 35.5. The summed E-state index contributed by atoms with van der Waals surface area (Å²) in [6, 6.07) is 5.06. The number of carbonyl (C=O) groups excluding carboxylic acids is 2. The van der Waals surface area contributed by atoms with Crippen molar-refractivity contribution in [3.8, 4) is 0 Å². The van der Waals surface area contributed by atoms with Crippen LogP contribution in [0.3, 0.4) is 0 Å². The normalized spacial score (nSPS) is 18.8. The molecule has 2 rings (SSSR count). The third kappa shape index (κ3) is 5.16. The van der Waals surface area contributed by atoms with Crippen LogP contribution in [0.1, 0.15) is 19.8 Å². The molecule has 0 aliphatic carbocycles.